The number of benzene rings is 1. The molecular weight excluding hydrogens is 258 g/mol. The molecule has 1 aromatic carbocycles. The highest BCUT2D eigenvalue weighted by Gasteiger charge is 2.05. The first-order chi connectivity index (χ1) is 6.63. The smallest absolute Gasteiger partial charge is 0.0186 e. The minimum absolute atomic E-state index is 0.612. The molecule has 2 N–H and O–H groups in total. The summed E-state index contributed by atoms with van der Waals surface area (Å²) in [7, 11) is 0. The van der Waals surface area contributed by atoms with Gasteiger partial charge in [-0.3, -0.25) is 0 Å². The monoisotopic (exact) mass is 273 g/mol. The highest BCUT2D eigenvalue weighted by molar-refractivity contribution is 9.10. The third kappa shape index (κ3) is 3.64. The van der Waals surface area contributed by atoms with E-state index in [0.29, 0.717) is 11.8 Å². The number of hydrogen-bond acceptors (Lipinski definition) is 2. The molecule has 14 heavy (non-hydrogen) atoms. The second-order valence-corrected chi connectivity index (χ2v) is 5.99. The van der Waals surface area contributed by atoms with Crippen LogP contribution in [0.1, 0.15) is 19.4 Å². The van der Waals surface area contributed by atoms with Crippen molar-refractivity contribution in [3.63, 3.8) is 0 Å². The molecule has 0 bridgehead atoms. The minimum atomic E-state index is 0.612. The number of rotatable bonds is 4. The fourth-order valence-corrected chi connectivity index (χ4v) is 2.79. The van der Waals surface area contributed by atoms with Gasteiger partial charge in [-0.1, -0.05) is 35.8 Å². The molecule has 3 heteroatoms. The van der Waals surface area contributed by atoms with Gasteiger partial charge in [0.25, 0.3) is 0 Å². The summed E-state index contributed by atoms with van der Waals surface area (Å²) in [5.74, 6) is 0. The SMILES string of the molecule is CC(C)Sc1cc(Br)ccc1CCN. The minimum Gasteiger partial charge on any atom is -0.330 e. The van der Waals surface area contributed by atoms with Crippen molar-refractivity contribution in [1.29, 1.82) is 0 Å². The molecule has 78 valence electrons. The summed E-state index contributed by atoms with van der Waals surface area (Å²) in [5, 5.41) is 0.612. The van der Waals surface area contributed by atoms with E-state index < -0.39 is 0 Å². The highest BCUT2D eigenvalue weighted by atomic mass is 79.9. The lowest BCUT2D eigenvalue weighted by atomic mass is 10.1. The van der Waals surface area contributed by atoms with Gasteiger partial charge in [0.2, 0.25) is 0 Å². The largest absolute Gasteiger partial charge is 0.330 e. The van der Waals surface area contributed by atoms with Crippen LogP contribution in [-0.4, -0.2) is 11.8 Å². The van der Waals surface area contributed by atoms with Crippen molar-refractivity contribution in [2.45, 2.75) is 30.4 Å². The summed E-state index contributed by atoms with van der Waals surface area (Å²) >= 11 is 5.39. The van der Waals surface area contributed by atoms with E-state index in [2.05, 4.69) is 48.0 Å². The van der Waals surface area contributed by atoms with Gasteiger partial charge in [-0.15, -0.1) is 11.8 Å². The van der Waals surface area contributed by atoms with Gasteiger partial charge in [-0.05, 0) is 30.7 Å². The van der Waals surface area contributed by atoms with Crippen LogP contribution < -0.4 is 5.73 Å². The van der Waals surface area contributed by atoms with Gasteiger partial charge in [0, 0.05) is 14.6 Å². The summed E-state index contributed by atoms with van der Waals surface area (Å²) in [6, 6.07) is 6.41. The van der Waals surface area contributed by atoms with E-state index in [9.17, 15) is 0 Å². The van der Waals surface area contributed by atoms with Crippen LogP contribution in [0.5, 0.6) is 0 Å². The van der Waals surface area contributed by atoms with Crippen molar-refractivity contribution in [2.24, 2.45) is 5.73 Å². The van der Waals surface area contributed by atoms with E-state index in [1.54, 1.807) is 0 Å². The van der Waals surface area contributed by atoms with Crippen LogP contribution in [-0.2, 0) is 6.42 Å². The Morgan fingerprint density at radius 3 is 2.71 bits per heavy atom. The lowest BCUT2D eigenvalue weighted by Gasteiger charge is -2.11. The molecule has 0 aliphatic rings. The first-order valence-electron chi connectivity index (χ1n) is 4.78. The van der Waals surface area contributed by atoms with Crippen LogP contribution in [0.15, 0.2) is 27.6 Å². The maximum Gasteiger partial charge on any atom is 0.0186 e. The van der Waals surface area contributed by atoms with Crippen LogP contribution in [0.4, 0.5) is 0 Å². The van der Waals surface area contributed by atoms with E-state index in [1.807, 2.05) is 11.8 Å². The predicted octanol–water partition coefficient (Wildman–Crippen LogP) is 3.45. The van der Waals surface area contributed by atoms with Gasteiger partial charge in [0.15, 0.2) is 0 Å². The maximum atomic E-state index is 5.58. The van der Waals surface area contributed by atoms with E-state index in [-0.39, 0.29) is 0 Å². The normalized spacial score (nSPS) is 10.9. The van der Waals surface area contributed by atoms with Crippen LogP contribution in [0, 0.1) is 0 Å². The number of nitrogens with two attached hydrogens (primary N) is 1. The van der Waals surface area contributed by atoms with Crippen molar-refractivity contribution >= 4 is 27.7 Å². The van der Waals surface area contributed by atoms with E-state index in [1.165, 1.54) is 10.5 Å². The summed E-state index contributed by atoms with van der Waals surface area (Å²) < 4.78 is 1.14. The van der Waals surface area contributed by atoms with Crippen molar-refractivity contribution < 1.29 is 0 Å². The van der Waals surface area contributed by atoms with Crippen molar-refractivity contribution in [3.8, 4) is 0 Å². The molecule has 0 heterocycles. The molecule has 0 aromatic heterocycles. The number of thioether (sulfide) groups is 1. The summed E-state index contributed by atoms with van der Waals surface area (Å²) in [4.78, 5) is 1.35. The molecule has 0 radical (unpaired) electrons. The molecule has 0 spiro atoms. The Kier molecular flexibility index (Phi) is 4.99. The Hall–Kier alpha value is 0.01000. The van der Waals surface area contributed by atoms with Crippen LogP contribution in [0.25, 0.3) is 0 Å². The Bertz CT molecular complexity index is 299. The molecule has 0 aliphatic carbocycles. The van der Waals surface area contributed by atoms with Crippen molar-refractivity contribution in [2.75, 3.05) is 6.54 Å². The van der Waals surface area contributed by atoms with E-state index in [0.717, 1.165) is 10.9 Å². The van der Waals surface area contributed by atoms with E-state index in [4.69, 9.17) is 5.73 Å². The van der Waals surface area contributed by atoms with Crippen molar-refractivity contribution in [1.82, 2.24) is 0 Å². The zero-order chi connectivity index (χ0) is 10.6. The molecule has 1 nitrogen and oxygen atoms in total. The number of halogens is 1. The van der Waals surface area contributed by atoms with Gasteiger partial charge in [-0.25, -0.2) is 0 Å². The molecule has 0 fully saturated rings. The Balaban J connectivity index is 2.90. The third-order valence-electron chi connectivity index (χ3n) is 1.81. The van der Waals surface area contributed by atoms with Gasteiger partial charge in [0.1, 0.15) is 0 Å². The Morgan fingerprint density at radius 1 is 1.43 bits per heavy atom. The summed E-state index contributed by atoms with van der Waals surface area (Å²) in [6.07, 6.45) is 0.961. The molecule has 0 atom stereocenters. The molecule has 1 aromatic rings. The second kappa shape index (κ2) is 5.79. The average Bonchev–Trinajstić information content (AvgIpc) is 2.09. The second-order valence-electron chi connectivity index (χ2n) is 3.46. The third-order valence-corrected chi connectivity index (χ3v) is 3.40. The zero-order valence-corrected chi connectivity index (χ0v) is 11.0. The molecule has 0 amide bonds. The summed E-state index contributed by atoms with van der Waals surface area (Å²) in [5.41, 5.74) is 6.93. The summed E-state index contributed by atoms with van der Waals surface area (Å²) in [6.45, 7) is 5.13. The molecular formula is C11H16BrNS. The van der Waals surface area contributed by atoms with Crippen LogP contribution in [0.2, 0.25) is 0 Å². The quantitative estimate of drug-likeness (QED) is 0.851. The standard InChI is InChI=1S/C11H16BrNS/c1-8(2)14-11-7-10(12)4-3-9(11)5-6-13/h3-4,7-8H,5-6,13H2,1-2H3. The van der Waals surface area contributed by atoms with Crippen molar-refractivity contribution in [3.05, 3.63) is 28.2 Å². The lowest BCUT2D eigenvalue weighted by molar-refractivity contribution is 0.941. The molecule has 0 saturated heterocycles. The van der Waals surface area contributed by atoms with Gasteiger partial charge < -0.3 is 5.73 Å². The highest BCUT2D eigenvalue weighted by Crippen LogP contribution is 2.29. The molecule has 1 rings (SSSR count). The van der Waals surface area contributed by atoms with Crippen LogP contribution >= 0.6 is 27.7 Å². The lowest BCUT2D eigenvalue weighted by Crippen LogP contribution is -2.04. The van der Waals surface area contributed by atoms with Gasteiger partial charge in [-0.2, -0.15) is 0 Å². The average molecular weight is 274 g/mol. The van der Waals surface area contributed by atoms with Crippen LogP contribution in [0.3, 0.4) is 0 Å². The fraction of sp³-hybridized carbons (Fsp3) is 0.455. The molecule has 0 unspecified atom stereocenters. The maximum absolute atomic E-state index is 5.58. The van der Waals surface area contributed by atoms with Gasteiger partial charge >= 0.3 is 0 Å². The molecule has 0 aliphatic heterocycles. The first-order valence-corrected chi connectivity index (χ1v) is 6.46. The Labute approximate surface area is 98.6 Å². The molecule has 0 saturated carbocycles. The number of hydrogen-bond donors (Lipinski definition) is 1. The fourth-order valence-electron chi connectivity index (χ4n) is 1.25. The Morgan fingerprint density at radius 2 is 2.14 bits per heavy atom. The first kappa shape index (κ1) is 12.1. The van der Waals surface area contributed by atoms with E-state index >= 15 is 0 Å². The zero-order valence-electron chi connectivity index (χ0n) is 8.59. The topological polar surface area (TPSA) is 26.0 Å². The van der Waals surface area contributed by atoms with Gasteiger partial charge in [0.05, 0.1) is 0 Å². The predicted molar refractivity (Wildman–Crippen MR) is 67.9 cm³/mol.